The zero-order valence-corrected chi connectivity index (χ0v) is 19.4. The second-order valence-electron chi connectivity index (χ2n) is 8.33. The molecule has 0 aliphatic carbocycles. The van der Waals surface area contributed by atoms with Crippen molar-refractivity contribution in [3.63, 3.8) is 0 Å². The molecule has 3 aromatic carbocycles. The number of carbonyl (C=O) groups is 2. The van der Waals surface area contributed by atoms with Gasteiger partial charge in [0.2, 0.25) is 0 Å². The number of nitrogens with zero attached hydrogens (tertiary/aromatic N) is 1. The number of carbonyl (C=O) groups excluding carboxylic acids is 2. The summed E-state index contributed by atoms with van der Waals surface area (Å²) >= 11 is 0. The molecule has 1 heterocycles. The van der Waals surface area contributed by atoms with Crippen molar-refractivity contribution >= 4 is 28.8 Å². The third kappa shape index (κ3) is 4.53. The summed E-state index contributed by atoms with van der Waals surface area (Å²) in [4.78, 5) is 28.4. The second-order valence-corrected chi connectivity index (χ2v) is 8.33. The van der Waals surface area contributed by atoms with E-state index in [4.69, 9.17) is 4.74 Å². The lowest BCUT2D eigenvalue weighted by Gasteiger charge is -2.17. The molecule has 5 heteroatoms. The number of imide groups is 1. The van der Waals surface area contributed by atoms with Gasteiger partial charge in [0, 0.05) is 11.8 Å². The average molecular weight is 441 g/mol. The molecule has 2 amide bonds. The van der Waals surface area contributed by atoms with Gasteiger partial charge in [-0.05, 0) is 68.1 Å². The highest BCUT2D eigenvalue weighted by Gasteiger charge is 2.40. The molecule has 0 saturated carbocycles. The molecule has 0 radical (unpaired) electrons. The van der Waals surface area contributed by atoms with Crippen molar-refractivity contribution < 1.29 is 14.3 Å². The van der Waals surface area contributed by atoms with E-state index in [0.717, 1.165) is 28.8 Å². The number of hydrogen-bond acceptors (Lipinski definition) is 4. The molecule has 0 bridgehead atoms. The second kappa shape index (κ2) is 9.33. The summed E-state index contributed by atoms with van der Waals surface area (Å²) in [7, 11) is 0. The lowest BCUT2D eigenvalue weighted by Crippen LogP contribution is -2.32. The maximum absolute atomic E-state index is 13.6. The minimum atomic E-state index is -0.388. The van der Waals surface area contributed by atoms with E-state index in [2.05, 4.69) is 5.32 Å². The lowest BCUT2D eigenvalue weighted by atomic mass is 10.0. The Labute approximate surface area is 194 Å². The smallest absolute Gasteiger partial charge is 0.282 e. The van der Waals surface area contributed by atoms with Gasteiger partial charge in [0.1, 0.15) is 11.4 Å². The number of nitrogens with one attached hydrogen (secondary N) is 1. The van der Waals surface area contributed by atoms with Crippen molar-refractivity contribution in [3.05, 3.63) is 94.7 Å². The Balaban J connectivity index is 1.77. The van der Waals surface area contributed by atoms with E-state index in [1.54, 1.807) is 18.2 Å². The fourth-order valence-corrected chi connectivity index (χ4v) is 3.76. The first-order valence-corrected chi connectivity index (χ1v) is 11.2. The highest BCUT2D eigenvalue weighted by molar-refractivity contribution is 6.46. The largest absolute Gasteiger partial charge is 0.494 e. The highest BCUT2D eigenvalue weighted by Crippen LogP contribution is 2.35. The highest BCUT2D eigenvalue weighted by atomic mass is 16.5. The van der Waals surface area contributed by atoms with Crippen LogP contribution in [0.15, 0.2) is 72.4 Å². The van der Waals surface area contributed by atoms with E-state index in [0.29, 0.717) is 29.2 Å². The molecule has 1 N–H and O–H groups in total. The Bertz CT molecular complexity index is 1240. The Hall–Kier alpha value is -3.86. The van der Waals surface area contributed by atoms with Crippen LogP contribution in [-0.2, 0) is 9.59 Å². The summed E-state index contributed by atoms with van der Waals surface area (Å²) in [6.07, 6.45) is 0.870. The Morgan fingerprint density at radius 1 is 0.848 bits per heavy atom. The third-order valence-corrected chi connectivity index (χ3v) is 5.75. The summed E-state index contributed by atoms with van der Waals surface area (Å²) in [6.45, 7) is 8.64. The van der Waals surface area contributed by atoms with E-state index in [1.165, 1.54) is 4.90 Å². The van der Waals surface area contributed by atoms with Gasteiger partial charge in [-0.15, -0.1) is 0 Å². The summed E-state index contributed by atoms with van der Waals surface area (Å²) in [5, 5.41) is 3.24. The first-order chi connectivity index (χ1) is 15.9. The molecule has 0 aromatic heterocycles. The maximum atomic E-state index is 13.6. The standard InChI is InChI=1S/C28H28N2O3/c1-5-15-33-24-8-6-7-23(17-24)30-27(31)25(21-12-9-18(2)10-13-21)26(28(30)32)29-22-14-11-19(3)20(4)16-22/h6-14,16-17,29H,5,15H2,1-4H3. The minimum absolute atomic E-state index is 0.270. The number of amides is 2. The molecular weight excluding hydrogens is 412 g/mol. The van der Waals surface area contributed by atoms with Gasteiger partial charge in [-0.2, -0.15) is 0 Å². The topological polar surface area (TPSA) is 58.6 Å². The monoisotopic (exact) mass is 440 g/mol. The van der Waals surface area contributed by atoms with Crippen LogP contribution in [0.2, 0.25) is 0 Å². The van der Waals surface area contributed by atoms with Crippen LogP contribution in [-0.4, -0.2) is 18.4 Å². The van der Waals surface area contributed by atoms with Gasteiger partial charge < -0.3 is 10.1 Å². The predicted octanol–water partition coefficient (Wildman–Crippen LogP) is 5.80. The van der Waals surface area contributed by atoms with Crippen molar-refractivity contribution in [2.45, 2.75) is 34.1 Å². The van der Waals surface area contributed by atoms with E-state index in [9.17, 15) is 9.59 Å². The molecule has 4 rings (SSSR count). The number of anilines is 2. The van der Waals surface area contributed by atoms with Crippen molar-refractivity contribution in [1.82, 2.24) is 0 Å². The van der Waals surface area contributed by atoms with Crippen molar-refractivity contribution in [2.75, 3.05) is 16.8 Å². The van der Waals surface area contributed by atoms with Gasteiger partial charge in [0.25, 0.3) is 11.8 Å². The number of aryl methyl sites for hydroxylation is 3. The number of benzene rings is 3. The van der Waals surface area contributed by atoms with Crippen LogP contribution in [0.25, 0.3) is 5.57 Å². The van der Waals surface area contributed by atoms with Crippen LogP contribution in [0.5, 0.6) is 5.75 Å². The summed E-state index contributed by atoms with van der Waals surface area (Å²) in [6, 6.07) is 20.6. The van der Waals surface area contributed by atoms with E-state index in [-0.39, 0.29) is 17.5 Å². The molecule has 33 heavy (non-hydrogen) atoms. The third-order valence-electron chi connectivity index (χ3n) is 5.75. The quantitative estimate of drug-likeness (QED) is 0.472. The fourth-order valence-electron chi connectivity index (χ4n) is 3.76. The first-order valence-electron chi connectivity index (χ1n) is 11.2. The summed E-state index contributed by atoms with van der Waals surface area (Å²) < 4.78 is 5.72. The van der Waals surface area contributed by atoms with E-state index >= 15 is 0 Å². The van der Waals surface area contributed by atoms with Gasteiger partial charge in [0.15, 0.2) is 0 Å². The number of ether oxygens (including phenoxy) is 1. The summed E-state index contributed by atoms with van der Waals surface area (Å²) in [5.41, 5.74) is 5.93. The number of hydrogen-bond donors (Lipinski definition) is 1. The zero-order valence-electron chi connectivity index (χ0n) is 19.4. The normalized spacial score (nSPS) is 13.6. The molecule has 0 unspecified atom stereocenters. The Morgan fingerprint density at radius 3 is 2.30 bits per heavy atom. The van der Waals surface area contributed by atoms with Crippen molar-refractivity contribution in [1.29, 1.82) is 0 Å². The average Bonchev–Trinajstić information content (AvgIpc) is 3.05. The fraction of sp³-hybridized carbons (Fsp3) is 0.214. The lowest BCUT2D eigenvalue weighted by molar-refractivity contribution is -0.120. The maximum Gasteiger partial charge on any atom is 0.282 e. The van der Waals surface area contributed by atoms with Gasteiger partial charge in [-0.25, -0.2) is 4.90 Å². The van der Waals surface area contributed by atoms with Crippen LogP contribution in [0.3, 0.4) is 0 Å². The molecular formula is C28H28N2O3. The molecule has 0 fully saturated rings. The molecule has 168 valence electrons. The Morgan fingerprint density at radius 2 is 1.61 bits per heavy atom. The molecule has 1 aliphatic heterocycles. The first kappa shape index (κ1) is 22.3. The molecule has 5 nitrogen and oxygen atoms in total. The minimum Gasteiger partial charge on any atom is -0.494 e. The van der Waals surface area contributed by atoms with Gasteiger partial charge in [-0.3, -0.25) is 9.59 Å². The van der Waals surface area contributed by atoms with Crippen LogP contribution < -0.4 is 15.0 Å². The van der Waals surface area contributed by atoms with E-state index in [1.807, 2.05) is 76.2 Å². The Kier molecular flexibility index (Phi) is 6.31. The van der Waals surface area contributed by atoms with Gasteiger partial charge in [-0.1, -0.05) is 48.9 Å². The molecule has 0 spiro atoms. The van der Waals surface area contributed by atoms with Crippen LogP contribution in [0, 0.1) is 20.8 Å². The molecule has 3 aromatic rings. The molecule has 1 aliphatic rings. The SMILES string of the molecule is CCCOc1cccc(N2C(=O)C(Nc3ccc(C)c(C)c3)=C(c3ccc(C)cc3)C2=O)c1. The van der Waals surface area contributed by atoms with Crippen molar-refractivity contribution in [3.8, 4) is 5.75 Å². The molecule has 0 saturated heterocycles. The number of rotatable bonds is 7. The molecule has 0 atom stereocenters. The van der Waals surface area contributed by atoms with Crippen molar-refractivity contribution in [2.24, 2.45) is 0 Å². The van der Waals surface area contributed by atoms with E-state index < -0.39 is 0 Å². The zero-order chi connectivity index (χ0) is 23.5. The van der Waals surface area contributed by atoms with Gasteiger partial charge in [0.05, 0.1) is 17.9 Å². The summed E-state index contributed by atoms with van der Waals surface area (Å²) in [5.74, 6) is -0.119. The van der Waals surface area contributed by atoms with Crippen LogP contribution >= 0.6 is 0 Å². The predicted molar refractivity (Wildman–Crippen MR) is 132 cm³/mol. The van der Waals surface area contributed by atoms with Crippen LogP contribution in [0.1, 0.15) is 35.6 Å². The van der Waals surface area contributed by atoms with Gasteiger partial charge >= 0.3 is 0 Å². The van der Waals surface area contributed by atoms with Crippen LogP contribution in [0.4, 0.5) is 11.4 Å².